The summed E-state index contributed by atoms with van der Waals surface area (Å²) in [5, 5.41) is 6.68. The van der Waals surface area contributed by atoms with Crippen LogP contribution < -0.4 is 15.4 Å². The van der Waals surface area contributed by atoms with Crippen LogP contribution in [0.15, 0.2) is 23.3 Å². The van der Waals surface area contributed by atoms with E-state index in [2.05, 4.69) is 48.3 Å². The van der Waals surface area contributed by atoms with Crippen LogP contribution in [0, 0.1) is 0 Å². The molecule has 0 radical (unpaired) electrons. The van der Waals surface area contributed by atoms with Crippen LogP contribution in [0.5, 0.6) is 5.88 Å². The van der Waals surface area contributed by atoms with Crippen LogP contribution in [0.3, 0.4) is 0 Å². The Morgan fingerprint density at radius 2 is 2.04 bits per heavy atom. The van der Waals surface area contributed by atoms with Crippen molar-refractivity contribution in [1.82, 2.24) is 15.6 Å². The Kier molecular flexibility index (Phi) is 8.80. The molecule has 1 aliphatic rings. The van der Waals surface area contributed by atoms with Crippen molar-refractivity contribution in [2.24, 2.45) is 4.99 Å². The first-order chi connectivity index (χ1) is 11.0. The normalized spacial score (nSPS) is 15.8. The van der Waals surface area contributed by atoms with Gasteiger partial charge in [0.25, 0.3) is 0 Å². The lowest BCUT2D eigenvalue weighted by Gasteiger charge is -2.23. The number of pyridine rings is 1. The van der Waals surface area contributed by atoms with E-state index >= 15 is 0 Å². The quantitative estimate of drug-likeness (QED) is 0.410. The molecule has 0 bridgehead atoms. The molecular weight excluding hydrogens is 415 g/mol. The summed E-state index contributed by atoms with van der Waals surface area (Å²) in [6, 6.07) is 3.98. The summed E-state index contributed by atoms with van der Waals surface area (Å²) in [5.74, 6) is 1.55. The van der Waals surface area contributed by atoms with Crippen molar-refractivity contribution in [2.45, 2.75) is 71.6 Å². The predicted molar refractivity (Wildman–Crippen MR) is 110 cm³/mol. The number of aliphatic imine (C=N–C) groups is 1. The molecule has 6 heteroatoms. The molecule has 24 heavy (non-hydrogen) atoms. The monoisotopic (exact) mass is 446 g/mol. The molecule has 5 nitrogen and oxygen atoms in total. The van der Waals surface area contributed by atoms with Gasteiger partial charge in [-0.05, 0) is 59.4 Å². The van der Waals surface area contributed by atoms with Crippen LogP contribution >= 0.6 is 24.0 Å². The van der Waals surface area contributed by atoms with E-state index in [0.717, 1.165) is 36.8 Å². The first kappa shape index (κ1) is 21.0. The molecule has 0 spiro atoms. The number of hydrogen-bond donors (Lipinski definition) is 2. The van der Waals surface area contributed by atoms with E-state index in [0.29, 0.717) is 12.6 Å². The minimum absolute atomic E-state index is 0. The van der Waals surface area contributed by atoms with Crippen LogP contribution in [0.25, 0.3) is 0 Å². The zero-order valence-corrected chi connectivity index (χ0v) is 17.6. The third-order valence-electron chi connectivity index (χ3n) is 3.68. The average Bonchev–Trinajstić information content (AvgIpc) is 2.98. The van der Waals surface area contributed by atoms with Gasteiger partial charge < -0.3 is 15.4 Å². The van der Waals surface area contributed by atoms with E-state index in [1.165, 1.54) is 12.8 Å². The molecule has 1 saturated carbocycles. The Morgan fingerprint density at radius 3 is 2.67 bits per heavy atom. The van der Waals surface area contributed by atoms with Crippen molar-refractivity contribution in [1.29, 1.82) is 0 Å². The smallest absolute Gasteiger partial charge is 0.218 e. The number of guanidine groups is 1. The van der Waals surface area contributed by atoms with Crippen molar-refractivity contribution in [3.63, 3.8) is 0 Å². The standard InChI is InChI=1S/C18H30N4O.HI/c1-5-19-17(22-18(2,3)4)21-13-14-9-8-12-20-16(14)23-15-10-6-7-11-15;/h8-9,12,15H,5-7,10-11,13H2,1-4H3,(H2,19,21,22);1H. The van der Waals surface area contributed by atoms with Gasteiger partial charge in [0.05, 0.1) is 6.54 Å². The molecule has 0 aliphatic heterocycles. The minimum Gasteiger partial charge on any atom is -0.474 e. The van der Waals surface area contributed by atoms with Gasteiger partial charge in [-0.3, -0.25) is 0 Å². The number of ether oxygens (including phenoxy) is 1. The third kappa shape index (κ3) is 7.23. The molecule has 0 amide bonds. The number of rotatable bonds is 5. The summed E-state index contributed by atoms with van der Waals surface area (Å²) in [6.07, 6.45) is 6.88. The summed E-state index contributed by atoms with van der Waals surface area (Å²) in [7, 11) is 0. The van der Waals surface area contributed by atoms with E-state index in [1.807, 2.05) is 12.1 Å². The topological polar surface area (TPSA) is 58.5 Å². The van der Waals surface area contributed by atoms with Crippen LogP contribution in [-0.4, -0.2) is 29.1 Å². The maximum absolute atomic E-state index is 6.08. The highest BCUT2D eigenvalue weighted by Crippen LogP contribution is 2.25. The van der Waals surface area contributed by atoms with Gasteiger partial charge in [0.2, 0.25) is 5.88 Å². The largest absolute Gasteiger partial charge is 0.474 e. The third-order valence-corrected chi connectivity index (χ3v) is 3.68. The second-order valence-electron chi connectivity index (χ2n) is 7.06. The fourth-order valence-corrected chi connectivity index (χ4v) is 2.64. The molecular formula is C18H31IN4O. The lowest BCUT2D eigenvalue weighted by Crippen LogP contribution is -2.47. The molecule has 2 N–H and O–H groups in total. The van der Waals surface area contributed by atoms with Crippen molar-refractivity contribution < 1.29 is 4.74 Å². The fourth-order valence-electron chi connectivity index (χ4n) is 2.64. The molecule has 0 unspecified atom stereocenters. The summed E-state index contributed by atoms with van der Waals surface area (Å²) in [6.45, 7) is 9.83. The molecule has 1 aromatic heterocycles. The van der Waals surface area contributed by atoms with Gasteiger partial charge in [0.15, 0.2) is 5.96 Å². The van der Waals surface area contributed by atoms with Gasteiger partial charge in [-0.2, -0.15) is 0 Å². The number of nitrogens with zero attached hydrogens (tertiary/aromatic N) is 2. The molecule has 1 aliphatic carbocycles. The van der Waals surface area contributed by atoms with E-state index in [9.17, 15) is 0 Å². The zero-order chi connectivity index (χ0) is 16.7. The lowest BCUT2D eigenvalue weighted by atomic mass is 10.1. The van der Waals surface area contributed by atoms with Crippen LogP contribution in [0.2, 0.25) is 0 Å². The molecule has 136 valence electrons. The van der Waals surface area contributed by atoms with Gasteiger partial charge in [0.1, 0.15) is 6.10 Å². The Bertz CT molecular complexity index is 522. The fraction of sp³-hybridized carbons (Fsp3) is 0.667. The van der Waals surface area contributed by atoms with Crippen molar-refractivity contribution in [3.05, 3.63) is 23.9 Å². The molecule has 1 fully saturated rings. The minimum atomic E-state index is -0.0287. The summed E-state index contributed by atoms with van der Waals surface area (Å²) in [4.78, 5) is 9.09. The summed E-state index contributed by atoms with van der Waals surface area (Å²) < 4.78 is 6.08. The molecule has 1 aromatic rings. The Morgan fingerprint density at radius 1 is 1.33 bits per heavy atom. The molecule has 0 aromatic carbocycles. The van der Waals surface area contributed by atoms with Gasteiger partial charge in [-0.25, -0.2) is 9.98 Å². The first-order valence-corrected chi connectivity index (χ1v) is 8.65. The maximum atomic E-state index is 6.08. The van der Waals surface area contributed by atoms with Gasteiger partial charge >= 0.3 is 0 Å². The van der Waals surface area contributed by atoms with E-state index in [1.54, 1.807) is 6.20 Å². The van der Waals surface area contributed by atoms with Gasteiger partial charge in [-0.15, -0.1) is 24.0 Å². The van der Waals surface area contributed by atoms with Gasteiger partial charge in [-0.1, -0.05) is 6.07 Å². The second kappa shape index (κ2) is 10.1. The van der Waals surface area contributed by atoms with Crippen LogP contribution in [-0.2, 0) is 6.54 Å². The van der Waals surface area contributed by atoms with Gasteiger partial charge in [0, 0.05) is 23.8 Å². The second-order valence-corrected chi connectivity index (χ2v) is 7.06. The van der Waals surface area contributed by atoms with Crippen molar-refractivity contribution in [2.75, 3.05) is 6.54 Å². The van der Waals surface area contributed by atoms with Crippen LogP contribution in [0.1, 0.15) is 58.9 Å². The highest BCUT2D eigenvalue weighted by molar-refractivity contribution is 14.0. The number of nitrogens with one attached hydrogen (secondary N) is 2. The molecule has 0 atom stereocenters. The Hall–Kier alpha value is -1.05. The highest BCUT2D eigenvalue weighted by Gasteiger charge is 2.18. The SMILES string of the molecule is CCNC(=NCc1cccnc1OC1CCCC1)NC(C)(C)C.I. The van der Waals surface area contributed by atoms with Crippen molar-refractivity contribution in [3.8, 4) is 5.88 Å². The first-order valence-electron chi connectivity index (χ1n) is 8.65. The van der Waals surface area contributed by atoms with E-state index < -0.39 is 0 Å². The lowest BCUT2D eigenvalue weighted by molar-refractivity contribution is 0.199. The molecule has 2 rings (SSSR count). The zero-order valence-electron chi connectivity index (χ0n) is 15.3. The van der Waals surface area contributed by atoms with E-state index in [-0.39, 0.29) is 29.5 Å². The van der Waals surface area contributed by atoms with E-state index in [4.69, 9.17) is 4.74 Å². The maximum Gasteiger partial charge on any atom is 0.218 e. The van der Waals surface area contributed by atoms with Crippen molar-refractivity contribution >= 4 is 29.9 Å². The summed E-state index contributed by atoms with van der Waals surface area (Å²) >= 11 is 0. The Labute approximate surface area is 163 Å². The Balaban J connectivity index is 0.00000288. The molecule has 0 saturated heterocycles. The predicted octanol–water partition coefficient (Wildman–Crippen LogP) is 3.87. The van der Waals surface area contributed by atoms with Crippen LogP contribution in [0.4, 0.5) is 0 Å². The number of hydrogen-bond acceptors (Lipinski definition) is 3. The average molecular weight is 446 g/mol. The molecule has 1 heterocycles. The summed E-state index contributed by atoms with van der Waals surface area (Å²) in [5.41, 5.74) is 1.00. The number of halogens is 1. The number of aromatic nitrogens is 1. The highest BCUT2D eigenvalue weighted by atomic mass is 127.